The molecule has 0 amide bonds. The van der Waals surface area contributed by atoms with E-state index in [0.717, 1.165) is 11.9 Å². The van der Waals surface area contributed by atoms with Crippen LogP contribution in [0, 0.1) is 12.8 Å². The fourth-order valence-corrected chi connectivity index (χ4v) is 2.28. The van der Waals surface area contributed by atoms with E-state index in [4.69, 9.17) is 4.74 Å². The van der Waals surface area contributed by atoms with Crippen LogP contribution >= 0.6 is 15.9 Å². The number of ether oxygens (including phenoxy) is 1. The van der Waals surface area contributed by atoms with E-state index >= 15 is 0 Å². The third-order valence-corrected chi connectivity index (χ3v) is 3.36. The van der Waals surface area contributed by atoms with Crippen LogP contribution in [-0.4, -0.2) is 18.0 Å². The first-order chi connectivity index (χ1) is 7.43. The average Bonchev–Trinajstić information content (AvgIpc) is 2.29. The summed E-state index contributed by atoms with van der Waals surface area (Å²) < 4.78 is 5.85. The van der Waals surface area contributed by atoms with Crippen molar-refractivity contribution in [2.24, 2.45) is 0 Å². The molecule has 1 fully saturated rings. The van der Waals surface area contributed by atoms with E-state index in [1.807, 2.05) is 0 Å². The van der Waals surface area contributed by atoms with Crippen LogP contribution < -0.4 is 0 Å². The SMILES string of the molecule is BrC[CH]CCCCCOC1CC[CH]CC1. The summed E-state index contributed by atoms with van der Waals surface area (Å²) in [5.41, 5.74) is 0. The van der Waals surface area contributed by atoms with Crippen molar-refractivity contribution in [2.45, 2.75) is 57.5 Å². The third-order valence-electron chi connectivity index (χ3n) is 2.90. The first kappa shape index (κ1) is 13.5. The van der Waals surface area contributed by atoms with Crippen molar-refractivity contribution in [3.8, 4) is 0 Å². The summed E-state index contributed by atoms with van der Waals surface area (Å²) in [5.74, 6) is 0. The van der Waals surface area contributed by atoms with E-state index in [1.165, 1.54) is 51.4 Å². The van der Waals surface area contributed by atoms with Crippen LogP contribution in [0.5, 0.6) is 0 Å². The summed E-state index contributed by atoms with van der Waals surface area (Å²) in [6.07, 6.45) is 15.3. The second-order valence-corrected chi connectivity index (χ2v) is 4.88. The van der Waals surface area contributed by atoms with Crippen LogP contribution in [-0.2, 0) is 4.74 Å². The molecular formula is C13H23BrO. The lowest BCUT2D eigenvalue weighted by molar-refractivity contribution is 0.0326. The van der Waals surface area contributed by atoms with E-state index in [-0.39, 0.29) is 0 Å². The van der Waals surface area contributed by atoms with Gasteiger partial charge in [-0.1, -0.05) is 28.8 Å². The van der Waals surface area contributed by atoms with Gasteiger partial charge in [-0.15, -0.1) is 0 Å². The Hall–Kier alpha value is 0.440. The molecule has 2 radical (unpaired) electrons. The minimum absolute atomic E-state index is 0.559. The third kappa shape index (κ3) is 7.35. The van der Waals surface area contributed by atoms with Crippen LogP contribution in [0.3, 0.4) is 0 Å². The molecular weight excluding hydrogens is 252 g/mol. The van der Waals surface area contributed by atoms with Gasteiger partial charge >= 0.3 is 0 Å². The summed E-state index contributed by atoms with van der Waals surface area (Å²) >= 11 is 3.40. The summed E-state index contributed by atoms with van der Waals surface area (Å²) in [4.78, 5) is 0. The highest BCUT2D eigenvalue weighted by molar-refractivity contribution is 9.09. The molecule has 0 N–H and O–H groups in total. The van der Waals surface area contributed by atoms with E-state index in [0.29, 0.717) is 6.10 Å². The minimum Gasteiger partial charge on any atom is -0.378 e. The maximum Gasteiger partial charge on any atom is 0.0575 e. The molecule has 2 heteroatoms. The molecule has 1 rings (SSSR count). The zero-order chi connectivity index (χ0) is 10.8. The summed E-state index contributed by atoms with van der Waals surface area (Å²) in [6, 6.07) is 0. The van der Waals surface area contributed by atoms with Crippen LogP contribution in [0.15, 0.2) is 0 Å². The quantitative estimate of drug-likeness (QED) is 0.474. The maximum absolute atomic E-state index is 5.85. The van der Waals surface area contributed by atoms with Gasteiger partial charge in [0.1, 0.15) is 0 Å². The summed E-state index contributed by atoms with van der Waals surface area (Å²) in [6.45, 7) is 0.971. The lowest BCUT2D eigenvalue weighted by Gasteiger charge is -2.21. The Labute approximate surface area is 103 Å². The van der Waals surface area contributed by atoms with Crippen LogP contribution in [0.4, 0.5) is 0 Å². The molecule has 0 unspecified atom stereocenters. The molecule has 0 aromatic heterocycles. The number of halogens is 1. The molecule has 1 nitrogen and oxygen atoms in total. The Morgan fingerprint density at radius 2 is 2.00 bits per heavy atom. The molecule has 0 spiro atoms. The van der Waals surface area contributed by atoms with Crippen molar-refractivity contribution in [1.82, 2.24) is 0 Å². The highest BCUT2D eigenvalue weighted by Crippen LogP contribution is 2.19. The van der Waals surface area contributed by atoms with Gasteiger partial charge in [0, 0.05) is 11.9 Å². The zero-order valence-electron chi connectivity index (χ0n) is 9.59. The van der Waals surface area contributed by atoms with Crippen molar-refractivity contribution in [1.29, 1.82) is 0 Å². The molecule has 1 saturated carbocycles. The fraction of sp³-hybridized carbons (Fsp3) is 0.846. The monoisotopic (exact) mass is 274 g/mol. The van der Waals surface area contributed by atoms with Crippen molar-refractivity contribution < 1.29 is 4.74 Å². The predicted molar refractivity (Wildman–Crippen MR) is 69.1 cm³/mol. The second kappa shape index (κ2) is 9.65. The van der Waals surface area contributed by atoms with Gasteiger partial charge in [-0.25, -0.2) is 0 Å². The highest BCUT2D eigenvalue weighted by atomic mass is 79.9. The molecule has 0 aliphatic heterocycles. The smallest absolute Gasteiger partial charge is 0.0575 e. The predicted octanol–water partition coefficient (Wildman–Crippen LogP) is 4.31. The van der Waals surface area contributed by atoms with Crippen molar-refractivity contribution in [2.75, 3.05) is 11.9 Å². The molecule has 1 aliphatic rings. The molecule has 1 aliphatic carbocycles. The molecule has 0 saturated heterocycles. The van der Waals surface area contributed by atoms with E-state index in [1.54, 1.807) is 0 Å². The lowest BCUT2D eigenvalue weighted by Crippen LogP contribution is -2.17. The largest absolute Gasteiger partial charge is 0.378 e. The van der Waals surface area contributed by atoms with Crippen LogP contribution in [0.1, 0.15) is 51.4 Å². The van der Waals surface area contributed by atoms with Crippen molar-refractivity contribution >= 4 is 15.9 Å². The number of hydrogen-bond acceptors (Lipinski definition) is 1. The number of unbranched alkanes of at least 4 members (excludes halogenated alkanes) is 4. The average molecular weight is 275 g/mol. The second-order valence-electron chi connectivity index (χ2n) is 4.23. The van der Waals surface area contributed by atoms with Gasteiger partial charge in [-0.2, -0.15) is 0 Å². The minimum atomic E-state index is 0.559. The number of rotatable bonds is 8. The van der Waals surface area contributed by atoms with Gasteiger partial charge in [0.15, 0.2) is 0 Å². The normalized spacial score (nSPS) is 18.2. The standard InChI is InChI=1S/C13H23BrO/c14-11-7-2-1-3-8-12-15-13-9-5-4-6-10-13/h4,7,13H,1-3,5-6,8-12H2. The Kier molecular flexibility index (Phi) is 8.69. The molecule has 0 heterocycles. The van der Waals surface area contributed by atoms with Gasteiger partial charge in [0.25, 0.3) is 0 Å². The van der Waals surface area contributed by atoms with E-state index < -0.39 is 0 Å². The number of alkyl halides is 1. The van der Waals surface area contributed by atoms with Crippen molar-refractivity contribution in [3.05, 3.63) is 12.8 Å². The summed E-state index contributed by atoms with van der Waals surface area (Å²) in [5, 5.41) is 1.03. The van der Waals surface area contributed by atoms with Gasteiger partial charge in [-0.3, -0.25) is 0 Å². The Bertz CT molecular complexity index is 132. The Morgan fingerprint density at radius 3 is 2.73 bits per heavy atom. The van der Waals surface area contributed by atoms with Gasteiger partial charge in [0.05, 0.1) is 6.10 Å². The lowest BCUT2D eigenvalue weighted by atomic mass is 9.98. The molecule has 0 aromatic carbocycles. The number of hydrogen-bond donors (Lipinski definition) is 0. The molecule has 0 bridgehead atoms. The molecule has 15 heavy (non-hydrogen) atoms. The van der Waals surface area contributed by atoms with E-state index in [9.17, 15) is 0 Å². The zero-order valence-corrected chi connectivity index (χ0v) is 11.2. The highest BCUT2D eigenvalue weighted by Gasteiger charge is 2.12. The van der Waals surface area contributed by atoms with Crippen LogP contribution in [0.2, 0.25) is 0 Å². The maximum atomic E-state index is 5.85. The molecule has 88 valence electrons. The Morgan fingerprint density at radius 1 is 1.20 bits per heavy atom. The first-order valence-electron chi connectivity index (χ1n) is 6.24. The topological polar surface area (TPSA) is 9.23 Å². The van der Waals surface area contributed by atoms with Crippen LogP contribution in [0.25, 0.3) is 0 Å². The van der Waals surface area contributed by atoms with Gasteiger partial charge < -0.3 is 4.74 Å². The fourth-order valence-electron chi connectivity index (χ4n) is 1.96. The van der Waals surface area contributed by atoms with Crippen molar-refractivity contribution in [3.63, 3.8) is 0 Å². The summed E-state index contributed by atoms with van der Waals surface area (Å²) in [7, 11) is 0. The van der Waals surface area contributed by atoms with Gasteiger partial charge in [-0.05, 0) is 51.4 Å². The van der Waals surface area contributed by atoms with Gasteiger partial charge in [0.2, 0.25) is 0 Å². The van der Waals surface area contributed by atoms with E-state index in [2.05, 4.69) is 28.8 Å². The first-order valence-corrected chi connectivity index (χ1v) is 7.36. The Balaban J connectivity index is 1.79. The molecule has 0 aromatic rings. The molecule has 0 atom stereocenters.